The van der Waals surface area contributed by atoms with Gasteiger partial charge in [-0.25, -0.2) is 5.84 Å². The third-order valence-electron chi connectivity index (χ3n) is 2.08. The molecule has 0 saturated heterocycles. The van der Waals surface area contributed by atoms with Crippen LogP contribution in [0.4, 0.5) is 0 Å². The third kappa shape index (κ3) is 5.16. The summed E-state index contributed by atoms with van der Waals surface area (Å²) in [6.45, 7) is 6.36. The Kier molecular flexibility index (Phi) is 7.09. The van der Waals surface area contributed by atoms with Crippen LogP contribution in [0.5, 0.6) is 0 Å². The van der Waals surface area contributed by atoms with Crippen LogP contribution in [-0.2, 0) is 4.79 Å². The second kappa shape index (κ2) is 7.21. The van der Waals surface area contributed by atoms with Gasteiger partial charge in [0.2, 0.25) is 5.91 Å². The van der Waals surface area contributed by atoms with Crippen LogP contribution in [-0.4, -0.2) is 16.9 Å². The first-order chi connectivity index (χ1) is 6.15. The predicted octanol–water partition coefficient (Wildman–Crippen LogP) is 1.53. The SMILES string of the molecule is CCC(C)CSC(CC)C(=O)NN. The molecule has 0 aromatic rings. The molecule has 3 nitrogen and oxygen atoms in total. The fourth-order valence-corrected chi connectivity index (χ4v) is 2.12. The molecule has 4 heteroatoms. The molecule has 0 saturated carbocycles. The maximum Gasteiger partial charge on any atom is 0.246 e. The van der Waals surface area contributed by atoms with E-state index in [1.807, 2.05) is 6.92 Å². The molecule has 2 atom stereocenters. The number of carbonyl (C=O) groups is 1. The van der Waals surface area contributed by atoms with Crippen LogP contribution in [0.1, 0.15) is 33.6 Å². The summed E-state index contributed by atoms with van der Waals surface area (Å²) in [6, 6.07) is 0. The quantitative estimate of drug-likeness (QED) is 0.392. The molecule has 0 heterocycles. The summed E-state index contributed by atoms with van der Waals surface area (Å²) in [5, 5.41) is 0.0130. The molecule has 0 aliphatic rings. The molecule has 3 N–H and O–H groups in total. The monoisotopic (exact) mass is 204 g/mol. The maximum atomic E-state index is 11.2. The van der Waals surface area contributed by atoms with Crippen molar-refractivity contribution >= 4 is 17.7 Å². The van der Waals surface area contributed by atoms with Gasteiger partial charge in [-0.3, -0.25) is 10.2 Å². The van der Waals surface area contributed by atoms with Gasteiger partial charge in [0.15, 0.2) is 0 Å². The molecule has 0 aromatic carbocycles. The van der Waals surface area contributed by atoms with Crippen molar-refractivity contribution in [3.05, 3.63) is 0 Å². The minimum atomic E-state index is -0.0594. The molecule has 0 fully saturated rings. The highest BCUT2D eigenvalue weighted by Crippen LogP contribution is 2.19. The zero-order chi connectivity index (χ0) is 10.3. The van der Waals surface area contributed by atoms with Crippen LogP contribution in [0.2, 0.25) is 0 Å². The van der Waals surface area contributed by atoms with Gasteiger partial charge in [-0.2, -0.15) is 0 Å². The van der Waals surface area contributed by atoms with E-state index in [4.69, 9.17) is 5.84 Å². The van der Waals surface area contributed by atoms with Gasteiger partial charge in [0.25, 0.3) is 0 Å². The maximum absolute atomic E-state index is 11.2. The Balaban J connectivity index is 3.78. The van der Waals surface area contributed by atoms with Crippen molar-refractivity contribution in [2.45, 2.75) is 38.9 Å². The lowest BCUT2D eigenvalue weighted by Gasteiger charge is -2.14. The van der Waals surface area contributed by atoms with E-state index in [-0.39, 0.29) is 11.2 Å². The van der Waals surface area contributed by atoms with Crippen molar-refractivity contribution in [2.75, 3.05) is 5.75 Å². The zero-order valence-corrected chi connectivity index (χ0v) is 9.49. The van der Waals surface area contributed by atoms with Crippen LogP contribution < -0.4 is 11.3 Å². The highest BCUT2D eigenvalue weighted by Gasteiger charge is 2.16. The minimum absolute atomic E-state index is 0.0130. The van der Waals surface area contributed by atoms with Crippen molar-refractivity contribution in [2.24, 2.45) is 11.8 Å². The highest BCUT2D eigenvalue weighted by atomic mass is 32.2. The van der Waals surface area contributed by atoms with Crippen molar-refractivity contribution in [3.63, 3.8) is 0 Å². The topological polar surface area (TPSA) is 55.1 Å². The first-order valence-electron chi connectivity index (χ1n) is 4.77. The third-order valence-corrected chi connectivity index (χ3v) is 3.80. The van der Waals surface area contributed by atoms with E-state index in [0.29, 0.717) is 5.92 Å². The van der Waals surface area contributed by atoms with Gasteiger partial charge in [-0.05, 0) is 18.1 Å². The molecule has 0 rings (SSSR count). The lowest BCUT2D eigenvalue weighted by molar-refractivity contribution is -0.120. The molecular weight excluding hydrogens is 184 g/mol. The standard InChI is InChI=1S/C9H20N2OS/c1-4-7(3)6-13-8(5-2)9(12)11-10/h7-8H,4-6,10H2,1-3H3,(H,11,12). The van der Waals surface area contributed by atoms with E-state index in [9.17, 15) is 4.79 Å². The average Bonchev–Trinajstić information content (AvgIpc) is 2.17. The Labute approximate surface area is 84.8 Å². The molecule has 0 radical (unpaired) electrons. The highest BCUT2D eigenvalue weighted by molar-refractivity contribution is 8.00. The number of rotatable bonds is 6. The lowest BCUT2D eigenvalue weighted by atomic mass is 10.2. The summed E-state index contributed by atoms with van der Waals surface area (Å²) in [4.78, 5) is 11.2. The van der Waals surface area contributed by atoms with Crippen molar-refractivity contribution in [1.29, 1.82) is 0 Å². The smallest absolute Gasteiger partial charge is 0.246 e. The lowest BCUT2D eigenvalue weighted by Crippen LogP contribution is -2.37. The Hall–Kier alpha value is -0.220. The molecule has 1 amide bonds. The molecule has 13 heavy (non-hydrogen) atoms. The van der Waals surface area contributed by atoms with Crippen LogP contribution in [0.3, 0.4) is 0 Å². The number of thioether (sulfide) groups is 1. The number of nitrogens with one attached hydrogen (secondary N) is 1. The summed E-state index contributed by atoms with van der Waals surface area (Å²) < 4.78 is 0. The van der Waals surface area contributed by atoms with Crippen molar-refractivity contribution in [1.82, 2.24) is 5.43 Å². The molecule has 0 aliphatic carbocycles. The van der Waals surface area contributed by atoms with Crippen LogP contribution in [0.25, 0.3) is 0 Å². The van der Waals surface area contributed by atoms with Crippen LogP contribution in [0, 0.1) is 5.92 Å². The number of hydrazine groups is 1. The fraction of sp³-hybridized carbons (Fsp3) is 0.889. The number of amides is 1. The molecule has 0 aromatic heterocycles. The number of hydrogen-bond donors (Lipinski definition) is 2. The number of carbonyl (C=O) groups excluding carboxylic acids is 1. The summed E-state index contributed by atoms with van der Waals surface area (Å²) in [6.07, 6.45) is 2.00. The van der Waals surface area contributed by atoms with E-state index in [1.165, 1.54) is 0 Å². The number of hydrogen-bond acceptors (Lipinski definition) is 3. The second-order valence-electron chi connectivity index (χ2n) is 3.25. The Morgan fingerprint density at radius 2 is 2.08 bits per heavy atom. The first kappa shape index (κ1) is 12.8. The average molecular weight is 204 g/mol. The van der Waals surface area contributed by atoms with Crippen LogP contribution >= 0.6 is 11.8 Å². The zero-order valence-electron chi connectivity index (χ0n) is 8.67. The van der Waals surface area contributed by atoms with Gasteiger partial charge in [-0.1, -0.05) is 27.2 Å². The summed E-state index contributed by atoms with van der Waals surface area (Å²) >= 11 is 1.69. The van der Waals surface area contributed by atoms with Gasteiger partial charge >= 0.3 is 0 Å². The number of nitrogens with two attached hydrogens (primary N) is 1. The summed E-state index contributed by atoms with van der Waals surface area (Å²) in [5.74, 6) is 6.72. The fourth-order valence-electron chi connectivity index (χ4n) is 0.870. The Morgan fingerprint density at radius 3 is 2.46 bits per heavy atom. The van der Waals surface area contributed by atoms with Gasteiger partial charge in [0.05, 0.1) is 5.25 Å². The molecule has 0 bridgehead atoms. The van der Waals surface area contributed by atoms with E-state index in [1.54, 1.807) is 11.8 Å². The molecule has 0 spiro atoms. The second-order valence-corrected chi connectivity index (χ2v) is 4.49. The Morgan fingerprint density at radius 1 is 1.46 bits per heavy atom. The van der Waals surface area contributed by atoms with Crippen molar-refractivity contribution in [3.8, 4) is 0 Å². The molecular formula is C9H20N2OS. The Bertz CT molecular complexity index is 153. The van der Waals surface area contributed by atoms with E-state index in [0.717, 1.165) is 18.6 Å². The summed E-state index contributed by atoms with van der Waals surface area (Å²) in [5.41, 5.74) is 2.20. The van der Waals surface area contributed by atoms with Crippen LogP contribution in [0.15, 0.2) is 0 Å². The van der Waals surface area contributed by atoms with Gasteiger partial charge < -0.3 is 0 Å². The van der Waals surface area contributed by atoms with Crippen molar-refractivity contribution < 1.29 is 4.79 Å². The van der Waals surface area contributed by atoms with Gasteiger partial charge in [0.1, 0.15) is 0 Å². The van der Waals surface area contributed by atoms with E-state index >= 15 is 0 Å². The normalized spacial score (nSPS) is 15.1. The van der Waals surface area contributed by atoms with E-state index < -0.39 is 0 Å². The van der Waals surface area contributed by atoms with Gasteiger partial charge in [0, 0.05) is 0 Å². The predicted molar refractivity (Wildman–Crippen MR) is 58.3 cm³/mol. The molecule has 78 valence electrons. The first-order valence-corrected chi connectivity index (χ1v) is 5.82. The van der Waals surface area contributed by atoms with Gasteiger partial charge in [-0.15, -0.1) is 11.8 Å². The summed E-state index contributed by atoms with van der Waals surface area (Å²) in [7, 11) is 0. The minimum Gasteiger partial charge on any atom is -0.293 e. The molecule has 0 aliphatic heterocycles. The van der Waals surface area contributed by atoms with E-state index in [2.05, 4.69) is 19.3 Å². The molecule has 2 unspecified atom stereocenters. The largest absolute Gasteiger partial charge is 0.293 e.